The van der Waals surface area contributed by atoms with E-state index >= 15 is 0 Å². The Hall–Kier alpha value is 5.67. The van der Waals surface area contributed by atoms with Gasteiger partial charge < -0.3 is 24.0 Å². The molecule has 2 aromatic carbocycles. The van der Waals surface area contributed by atoms with Crippen LogP contribution >= 0.6 is 15.9 Å². The molecular weight excluding hydrogens is 2440 g/mol. The molecule has 6 rings (SSSR count). The van der Waals surface area contributed by atoms with Gasteiger partial charge >= 0.3 is 6.09 Å². The number of alkyl carbamates (subject to hydrolysis) is 1. The van der Waals surface area contributed by atoms with E-state index in [2.05, 4.69) is 49.6 Å². The van der Waals surface area contributed by atoms with Crippen LogP contribution in [0, 0.1) is 24.2 Å². The quantitative estimate of drug-likeness (QED) is 0.158. The number of piperidine rings is 2. The Morgan fingerprint density at radius 1 is 0.500 bits per heavy atom. The van der Waals surface area contributed by atoms with E-state index in [1.807, 2.05) is 135 Å². The summed E-state index contributed by atoms with van der Waals surface area (Å²) in [5.74, 6) is 6.56. The van der Waals surface area contributed by atoms with Gasteiger partial charge in [-0.2, -0.15) is 0 Å². The van der Waals surface area contributed by atoms with E-state index in [9.17, 15) is 33.6 Å². The first-order valence-electron chi connectivity index (χ1n) is 26.0. The van der Waals surface area contributed by atoms with Gasteiger partial charge in [0.25, 0.3) is 11.8 Å². The van der Waals surface area contributed by atoms with E-state index in [1.165, 1.54) is 45.3 Å². The van der Waals surface area contributed by atoms with Crippen molar-refractivity contribution in [1.82, 2.24) is 25.8 Å². The van der Waals surface area contributed by atoms with Crippen LogP contribution in [0.4, 0.5) is 4.79 Å². The molecule has 4 aliphatic heterocycles. The van der Waals surface area contributed by atoms with Gasteiger partial charge in [-0.05, 0) is 75.9 Å². The van der Waals surface area contributed by atoms with Crippen molar-refractivity contribution in [1.29, 1.82) is 0 Å². The zero-order chi connectivity index (χ0) is 78.2. The first-order chi connectivity index (χ1) is 52.0. The molecule has 2 aromatic rings. The second-order valence-corrected chi connectivity index (χ2v) is 101. The minimum Gasteiger partial charge on any atom is -0.444 e. The molecular formula is C41H48BrN5O10S51. The zero-order valence-corrected chi connectivity index (χ0v) is 95.7. The van der Waals surface area contributed by atoms with Crippen LogP contribution in [0.15, 0.2) is 40.9 Å². The predicted octanol–water partition coefficient (Wildman–Crippen LogP) is 3.68. The lowest BCUT2D eigenvalue weighted by molar-refractivity contribution is -0.138. The zero-order valence-electron chi connectivity index (χ0n) is 52.4. The number of amides is 7. The number of hydrogen-bond acceptors (Lipinski definition) is 14. The van der Waals surface area contributed by atoms with Gasteiger partial charge in [0.2, 0.25) is 23.6 Å². The minimum absolute atomic E-state index is 0. The second-order valence-electron chi connectivity index (χ2n) is 16.9. The van der Waals surface area contributed by atoms with Gasteiger partial charge in [-0.1, -0.05) is 53.3 Å². The molecule has 2 unspecified atom stereocenters. The van der Waals surface area contributed by atoms with Crippen LogP contribution in [0.3, 0.4) is 0 Å². The molecule has 7 amide bonds. The summed E-state index contributed by atoms with van der Waals surface area (Å²) in [6, 6.07) is 9.67. The summed E-state index contributed by atoms with van der Waals surface area (Å²) in [5, 5.41) is 6.98. The fraction of sp³-hybridized carbons (Fsp3) is 0.439. The number of terminal acetylenes is 1. The van der Waals surface area contributed by atoms with Gasteiger partial charge in [-0.25, -0.2) is 4.79 Å². The van der Waals surface area contributed by atoms with E-state index < -0.39 is 29.7 Å². The topological polar surface area (TPSA) is 190 Å². The Balaban J connectivity index is 0.000000685. The Kier molecular flexibility index (Phi) is 80.1. The first kappa shape index (κ1) is 112. The van der Waals surface area contributed by atoms with Crippen LogP contribution in [0.2, 0.25) is 0 Å². The van der Waals surface area contributed by atoms with E-state index in [0.717, 1.165) is 21.2 Å². The van der Waals surface area contributed by atoms with Gasteiger partial charge in [0, 0.05) is 516 Å². The predicted molar refractivity (Wildman–Crippen MR) is 587 cm³/mol. The van der Waals surface area contributed by atoms with Crippen molar-refractivity contribution >= 4 is 520 Å². The van der Waals surface area contributed by atoms with E-state index in [-0.39, 0.29) is 63.1 Å². The highest BCUT2D eigenvalue weighted by Crippen LogP contribution is 2.32. The molecule has 67 heteroatoms. The number of fused-ring (bicyclic) bond motifs is 2. The molecule has 108 heavy (non-hydrogen) atoms. The molecule has 0 radical (unpaired) electrons. The summed E-state index contributed by atoms with van der Waals surface area (Å²) < 4.78 is 15.8. The van der Waals surface area contributed by atoms with Gasteiger partial charge in [0.15, 0.2) is 0 Å². The van der Waals surface area contributed by atoms with E-state index in [0.29, 0.717) is 50.3 Å². The molecule has 2 fully saturated rings. The third-order valence-corrected chi connectivity index (χ3v) is 111. The Morgan fingerprint density at radius 3 is 1.11 bits per heavy atom. The molecule has 0 aromatic heterocycles. The first-order valence-corrected chi connectivity index (χ1v) is 92.2. The second kappa shape index (κ2) is 77.5. The highest BCUT2D eigenvalue weighted by Gasteiger charge is 2.41. The SMILES string of the molecule is C.C#CCOCNC(=O)OC(C)(C)C.CCOCC#Cc1cccc2c1CN(C1CCC(=O)NC1=O)C2=O.O=C1CCC(N2Cc3c(Br)cccc3C2=O)C(=O)N1.S=S=S=S=S=S=S=S=S=S=S=S=S=S=S=S=S=S=S=S=S=S=S.S=S=S=S=S=S=S=S=S=S=S=S=S=S=S=S=S=S=S=S=S=S=S=S=S=S=S=S. The molecule has 2 atom stereocenters. The number of benzene rings is 2. The number of carbonyl (C=O) groups is 7. The average Bonchev–Trinajstić information content (AvgIpc) is 1.64. The number of imide groups is 2. The molecule has 4 heterocycles. The van der Waals surface area contributed by atoms with Crippen molar-refractivity contribution < 1.29 is 47.8 Å². The number of nitrogens with one attached hydrogen (secondary N) is 3. The number of carbonyl (C=O) groups excluding carboxylic acids is 7. The van der Waals surface area contributed by atoms with Crippen molar-refractivity contribution in [2.75, 3.05) is 26.6 Å². The van der Waals surface area contributed by atoms with Crippen LogP contribution in [-0.2, 0) is 509 Å². The highest BCUT2D eigenvalue weighted by atomic mass is 79.9. The number of ether oxygens (including phenoxy) is 3. The summed E-state index contributed by atoms with van der Waals surface area (Å²) in [4.78, 5) is 85.3. The highest BCUT2D eigenvalue weighted by molar-refractivity contribution is 9.10. The van der Waals surface area contributed by atoms with Crippen LogP contribution in [0.5, 0.6) is 0 Å². The molecule has 2 saturated heterocycles. The normalized spacial score (nSPS) is 13.1. The van der Waals surface area contributed by atoms with Gasteiger partial charge in [-0.15, -0.1) is 6.42 Å². The summed E-state index contributed by atoms with van der Waals surface area (Å²) in [6.45, 7) is 9.18. The standard InChI is InChI=1S/C18H18N2O4.C13H11BrN2O3.C9H15NO3.CH4.S28.S23/c1-2-24-10-4-6-12-5-3-7-13-14(12)11-20(18(13)23)15-8-9-16(21)19-17(15)22;14-9-3-1-2-7-8(9)6-16(13(7)19)10-4-5-11(17)15-12(10)18;1-5-6-12-7-10-8(11)13-9(2,3)4;;1-3-5-7-9-11-13-15-17-19-21-23-25-27-28-26-24-22-20-18-16-14-12-10-8-6-4-2;1-3-5-7-9-11-13-15-17-19-21-23-22-20-18-16-14-12-10-8-6-4-2/h3,5,7,15H,2,8-11H2,1H3,(H,19,21,22);1-3,10H,4-6H2,(H,15,17,18);1H,6-7H2,2-4H3,(H,10,11);1H4;;. The van der Waals surface area contributed by atoms with Crippen molar-refractivity contribution in [3.63, 3.8) is 0 Å². The largest absolute Gasteiger partial charge is 0.444 e. The fourth-order valence-corrected chi connectivity index (χ4v) is 125. The van der Waals surface area contributed by atoms with Crippen LogP contribution in [0.25, 0.3) is 0 Å². The van der Waals surface area contributed by atoms with E-state index in [4.69, 9.17) is 65.4 Å². The molecule has 0 bridgehead atoms. The molecule has 610 valence electrons. The smallest absolute Gasteiger partial charge is 0.409 e. The Morgan fingerprint density at radius 2 is 0.815 bits per heavy atom. The lowest BCUT2D eigenvalue weighted by atomic mass is 10.0. The lowest BCUT2D eigenvalue weighted by Gasteiger charge is -2.29. The number of nitrogens with zero attached hydrogens (tertiary/aromatic N) is 2. The molecule has 0 spiro atoms. The molecule has 4 aliphatic rings. The van der Waals surface area contributed by atoms with Crippen LogP contribution in [-0.4, -0.2) is 95.6 Å². The third kappa shape index (κ3) is 57.9. The lowest BCUT2D eigenvalue weighted by Crippen LogP contribution is -2.52. The minimum atomic E-state index is -0.605. The van der Waals surface area contributed by atoms with Gasteiger partial charge in [-0.3, -0.25) is 44.7 Å². The van der Waals surface area contributed by atoms with Crippen molar-refractivity contribution in [2.24, 2.45) is 0 Å². The molecule has 15 nitrogen and oxygen atoms in total. The summed E-state index contributed by atoms with van der Waals surface area (Å²) in [5.41, 5.74) is 3.21. The fourth-order valence-electron chi connectivity index (χ4n) is 6.56. The van der Waals surface area contributed by atoms with Crippen molar-refractivity contribution in [3.05, 3.63) is 68.7 Å². The van der Waals surface area contributed by atoms with Gasteiger partial charge in [0.1, 0.15) is 37.6 Å². The number of rotatable bonds is 7. The Labute approximate surface area is 787 Å². The summed E-state index contributed by atoms with van der Waals surface area (Å²) in [7, 11) is 81.7. The molecule has 0 saturated carbocycles. The van der Waals surface area contributed by atoms with Crippen LogP contribution in [0.1, 0.15) is 98.2 Å². The maximum absolute atomic E-state index is 12.6. The van der Waals surface area contributed by atoms with E-state index in [1.54, 1.807) is 311 Å². The third-order valence-electron chi connectivity index (χ3n) is 9.86. The van der Waals surface area contributed by atoms with Crippen LogP contribution < -0.4 is 16.0 Å². The molecule has 3 N–H and O–H groups in total. The Bertz CT molecular complexity index is 5930. The average molecular weight is 2490 g/mol. The maximum atomic E-state index is 12.6. The summed E-state index contributed by atoms with van der Waals surface area (Å²) in [6.07, 6.45) is 5.69. The monoisotopic (exact) mass is 2480 g/mol. The van der Waals surface area contributed by atoms with Gasteiger partial charge in [0.05, 0.1) is 0 Å². The number of hydrogen-bond donors (Lipinski definition) is 3. The maximum Gasteiger partial charge on any atom is 0.409 e. The number of halogens is 1. The van der Waals surface area contributed by atoms with Crippen molar-refractivity contribution in [2.45, 2.75) is 91.6 Å². The van der Waals surface area contributed by atoms with Crippen molar-refractivity contribution in [3.8, 4) is 24.2 Å². The molecule has 0 aliphatic carbocycles. The summed E-state index contributed by atoms with van der Waals surface area (Å²) >= 11 is 22.5.